The van der Waals surface area contributed by atoms with Crippen LogP contribution in [-0.2, 0) is 16.0 Å². The molecule has 12 nitrogen and oxygen atoms in total. The summed E-state index contributed by atoms with van der Waals surface area (Å²) in [6, 6.07) is 20.3. The van der Waals surface area contributed by atoms with Gasteiger partial charge in [-0.05, 0) is 122 Å². The van der Waals surface area contributed by atoms with Gasteiger partial charge in [-0.15, -0.1) is 10.2 Å². The number of nitrogens with zero attached hydrogens (tertiary/aromatic N) is 3. The molecule has 1 saturated carbocycles. The maximum Gasteiger partial charge on any atom is 0.251 e. The van der Waals surface area contributed by atoms with Crippen molar-refractivity contribution in [1.82, 2.24) is 36.6 Å². The van der Waals surface area contributed by atoms with Crippen LogP contribution >= 0.6 is 0 Å². The first-order valence-electron chi connectivity index (χ1n) is 16.7. The lowest BCUT2D eigenvalue weighted by molar-refractivity contribution is -0.130. The Morgan fingerprint density at radius 1 is 0.938 bits per heavy atom. The Bertz CT molecular complexity index is 1690. The molecule has 6 rings (SSSR count). The highest BCUT2D eigenvalue weighted by Crippen LogP contribution is 2.29. The molecule has 0 spiro atoms. The molecular weight excluding hydrogens is 606 g/mol. The van der Waals surface area contributed by atoms with Crippen LogP contribution in [0.5, 0.6) is 0 Å². The van der Waals surface area contributed by atoms with Crippen molar-refractivity contribution in [2.45, 2.75) is 57.5 Å². The molecule has 0 radical (unpaired) electrons. The van der Waals surface area contributed by atoms with Crippen LogP contribution in [0.2, 0.25) is 0 Å². The first kappa shape index (κ1) is 33.0. The van der Waals surface area contributed by atoms with Crippen molar-refractivity contribution < 1.29 is 14.4 Å². The van der Waals surface area contributed by atoms with Crippen LogP contribution in [-0.4, -0.2) is 70.1 Å². The highest BCUT2D eigenvalue weighted by Gasteiger charge is 2.29. The van der Waals surface area contributed by atoms with Gasteiger partial charge in [-0.3, -0.25) is 14.4 Å². The predicted octanol–water partition coefficient (Wildman–Crippen LogP) is 3.36. The van der Waals surface area contributed by atoms with Crippen molar-refractivity contribution >= 4 is 23.4 Å². The maximum absolute atomic E-state index is 13.7. The minimum Gasteiger partial charge on any atom is -0.348 e. The van der Waals surface area contributed by atoms with Gasteiger partial charge in [0, 0.05) is 41.7 Å². The molecule has 1 saturated heterocycles. The summed E-state index contributed by atoms with van der Waals surface area (Å²) in [5.41, 5.74) is 11.8. The van der Waals surface area contributed by atoms with E-state index in [9.17, 15) is 14.4 Å². The number of amides is 3. The number of hydrogen-bond donors (Lipinski definition) is 6. The van der Waals surface area contributed by atoms with E-state index in [1.807, 2.05) is 49.4 Å². The highest BCUT2D eigenvalue weighted by atomic mass is 16.2. The molecule has 1 aliphatic heterocycles. The first-order valence-corrected chi connectivity index (χ1v) is 16.7. The summed E-state index contributed by atoms with van der Waals surface area (Å²) in [5, 5.41) is 26.4. The van der Waals surface area contributed by atoms with Crippen LogP contribution in [0, 0.1) is 18.8 Å². The van der Waals surface area contributed by atoms with E-state index in [1.54, 1.807) is 24.3 Å². The number of hydrogen-bond acceptors (Lipinski definition) is 8. The fourth-order valence-corrected chi connectivity index (χ4v) is 6.61. The fourth-order valence-electron chi connectivity index (χ4n) is 6.61. The fraction of sp³-hybridized carbons (Fsp3) is 0.389. The topological polar surface area (TPSA) is 180 Å². The molecule has 2 aliphatic rings. The molecule has 1 aliphatic carbocycles. The van der Waals surface area contributed by atoms with Crippen LogP contribution in [0.15, 0.2) is 66.7 Å². The van der Waals surface area contributed by atoms with Crippen LogP contribution < -0.4 is 27.0 Å². The first-order chi connectivity index (χ1) is 23.4. The van der Waals surface area contributed by atoms with Crippen molar-refractivity contribution in [3.05, 3.63) is 83.4 Å². The van der Waals surface area contributed by atoms with Crippen LogP contribution in [0.4, 0.5) is 5.69 Å². The molecule has 2 heterocycles. The molecule has 3 aromatic carbocycles. The van der Waals surface area contributed by atoms with Crippen LogP contribution in [0.1, 0.15) is 53.6 Å². The molecule has 48 heavy (non-hydrogen) atoms. The van der Waals surface area contributed by atoms with Crippen molar-refractivity contribution in [2.75, 3.05) is 25.0 Å². The predicted molar refractivity (Wildman–Crippen MR) is 184 cm³/mol. The smallest absolute Gasteiger partial charge is 0.251 e. The van der Waals surface area contributed by atoms with Crippen molar-refractivity contribution in [3.8, 4) is 22.5 Å². The average Bonchev–Trinajstić information content (AvgIpc) is 3.84. The zero-order chi connectivity index (χ0) is 33.5. The molecule has 3 amide bonds. The SMILES string of the molecule is Cc1cc(C(=O)N[C@H]2CCNC2)ccc1-c1ccc(C[C@H](NC(=O)C2CCC(CN)CC2)C(=O)Nc2ccc(-c3nn[nH]n3)cc2)cc1. The van der Waals surface area contributed by atoms with Gasteiger partial charge in [0.05, 0.1) is 0 Å². The minimum atomic E-state index is -0.776. The maximum atomic E-state index is 13.7. The third kappa shape index (κ3) is 8.12. The number of H-pyrrole nitrogens is 1. The Morgan fingerprint density at radius 2 is 1.69 bits per heavy atom. The summed E-state index contributed by atoms with van der Waals surface area (Å²) in [4.78, 5) is 39.8. The molecule has 250 valence electrons. The number of nitrogens with two attached hydrogens (primary N) is 1. The van der Waals surface area contributed by atoms with E-state index in [0.717, 1.165) is 73.0 Å². The lowest BCUT2D eigenvalue weighted by atomic mass is 9.81. The normalized spacial score (nSPS) is 19.8. The summed E-state index contributed by atoms with van der Waals surface area (Å²) in [7, 11) is 0. The average molecular weight is 650 g/mol. The molecule has 0 bridgehead atoms. The number of aromatic nitrogens is 4. The number of carbonyl (C=O) groups is 3. The van der Waals surface area contributed by atoms with Gasteiger partial charge >= 0.3 is 0 Å². The molecule has 1 aromatic heterocycles. The molecule has 7 N–H and O–H groups in total. The van der Waals surface area contributed by atoms with Gasteiger partial charge in [0.25, 0.3) is 5.91 Å². The minimum absolute atomic E-state index is 0.0598. The Morgan fingerprint density at radius 3 is 2.33 bits per heavy atom. The van der Waals surface area contributed by atoms with E-state index < -0.39 is 6.04 Å². The second-order valence-corrected chi connectivity index (χ2v) is 12.9. The second-order valence-electron chi connectivity index (χ2n) is 12.9. The third-order valence-electron chi connectivity index (χ3n) is 9.53. The van der Waals surface area contributed by atoms with E-state index in [0.29, 0.717) is 36.0 Å². The van der Waals surface area contributed by atoms with Gasteiger partial charge in [-0.2, -0.15) is 5.21 Å². The number of benzene rings is 3. The Balaban J connectivity index is 1.14. The lowest BCUT2D eigenvalue weighted by Crippen LogP contribution is -2.48. The zero-order valence-corrected chi connectivity index (χ0v) is 27.2. The van der Waals surface area contributed by atoms with E-state index in [4.69, 9.17) is 5.73 Å². The number of nitrogens with one attached hydrogen (secondary N) is 5. The van der Waals surface area contributed by atoms with Crippen molar-refractivity contribution in [3.63, 3.8) is 0 Å². The van der Waals surface area contributed by atoms with E-state index in [-0.39, 0.29) is 29.7 Å². The summed E-state index contributed by atoms with van der Waals surface area (Å²) >= 11 is 0. The summed E-state index contributed by atoms with van der Waals surface area (Å²) < 4.78 is 0. The molecule has 0 unspecified atom stereocenters. The Kier molecular flexibility index (Phi) is 10.5. The zero-order valence-electron chi connectivity index (χ0n) is 27.2. The number of tetrazole rings is 1. The molecule has 2 fully saturated rings. The number of aromatic amines is 1. The number of rotatable bonds is 11. The number of aryl methyl sites for hydroxylation is 1. The van der Waals surface area contributed by atoms with Gasteiger partial charge in [0.15, 0.2) is 0 Å². The van der Waals surface area contributed by atoms with Crippen LogP contribution in [0.3, 0.4) is 0 Å². The van der Waals surface area contributed by atoms with E-state index in [1.165, 1.54) is 0 Å². The molecule has 4 aromatic rings. The third-order valence-corrected chi connectivity index (χ3v) is 9.53. The molecular formula is C36H43N9O3. The number of carbonyl (C=O) groups excluding carboxylic acids is 3. The number of anilines is 1. The molecule has 2 atom stereocenters. The standard InChI is InChI=1S/C36H43N9O3/c1-22-18-28(35(47)40-30-16-17-38-21-30)12-15-31(22)25-6-2-23(3-7-25)19-32(41-34(46)27-8-4-24(20-37)5-9-27)36(48)39-29-13-10-26(11-14-29)33-42-44-45-43-33/h2-3,6-7,10-15,18,24,27,30,32,38H,4-5,8-9,16-17,19-21,37H2,1H3,(H,39,48)(H,40,47)(H,41,46)(H,42,43,44,45)/t24?,27?,30-,32-/m0/s1. The van der Waals surface area contributed by atoms with Gasteiger partial charge < -0.3 is 27.0 Å². The Labute approximate surface area is 280 Å². The van der Waals surface area contributed by atoms with Crippen LogP contribution in [0.25, 0.3) is 22.5 Å². The summed E-state index contributed by atoms with van der Waals surface area (Å²) in [6.45, 7) is 4.36. The lowest BCUT2D eigenvalue weighted by Gasteiger charge is -2.28. The van der Waals surface area contributed by atoms with Gasteiger partial charge in [-0.1, -0.05) is 30.3 Å². The quantitative estimate of drug-likeness (QED) is 0.143. The molecule has 12 heteroatoms. The Hall–Kier alpha value is -4.94. The van der Waals surface area contributed by atoms with E-state index in [2.05, 4.69) is 41.9 Å². The van der Waals surface area contributed by atoms with Gasteiger partial charge in [0.1, 0.15) is 6.04 Å². The summed E-state index contributed by atoms with van der Waals surface area (Å²) in [6.07, 6.45) is 4.64. The van der Waals surface area contributed by atoms with Crippen molar-refractivity contribution in [1.29, 1.82) is 0 Å². The highest BCUT2D eigenvalue weighted by molar-refractivity contribution is 5.98. The monoisotopic (exact) mass is 649 g/mol. The largest absolute Gasteiger partial charge is 0.348 e. The van der Waals surface area contributed by atoms with Gasteiger partial charge in [-0.25, -0.2) is 0 Å². The van der Waals surface area contributed by atoms with Crippen molar-refractivity contribution in [2.24, 2.45) is 17.6 Å². The second kappa shape index (κ2) is 15.3. The summed E-state index contributed by atoms with van der Waals surface area (Å²) in [5.74, 6) is 0.318. The van der Waals surface area contributed by atoms with E-state index >= 15 is 0 Å². The van der Waals surface area contributed by atoms with Gasteiger partial charge in [0.2, 0.25) is 17.6 Å².